The van der Waals surface area contributed by atoms with Crippen LogP contribution in [0.25, 0.3) is 11.1 Å². The fourth-order valence-corrected chi connectivity index (χ4v) is 4.25. The highest BCUT2D eigenvalue weighted by Gasteiger charge is 2.22. The summed E-state index contributed by atoms with van der Waals surface area (Å²) in [5.41, 5.74) is 8.39. The van der Waals surface area contributed by atoms with Gasteiger partial charge in [0, 0.05) is 16.1 Å². The third kappa shape index (κ3) is 5.31. The first-order chi connectivity index (χ1) is 15.3. The maximum absolute atomic E-state index is 11.9. The zero-order valence-electron chi connectivity index (χ0n) is 19.3. The van der Waals surface area contributed by atoms with Crippen LogP contribution in [-0.2, 0) is 6.42 Å². The largest absolute Gasteiger partial charge is 0.507 e. The van der Waals surface area contributed by atoms with Crippen molar-refractivity contribution >= 4 is 28.5 Å². The molecule has 2 nitrogen and oxygen atoms in total. The van der Waals surface area contributed by atoms with Gasteiger partial charge in [0.2, 0.25) is 0 Å². The Morgan fingerprint density at radius 1 is 0.938 bits per heavy atom. The molecule has 1 N–H and O–H groups in total. The van der Waals surface area contributed by atoms with Crippen LogP contribution in [0.3, 0.4) is 0 Å². The summed E-state index contributed by atoms with van der Waals surface area (Å²) >= 11 is 6.08. The van der Waals surface area contributed by atoms with Gasteiger partial charge in [0.05, 0.1) is 0 Å². The molecule has 4 rings (SSSR count). The summed E-state index contributed by atoms with van der Waals surface area (Å²) in [6, 6.07) is 19.8. The van der Waals surface area contributed by atoms with E-state index in [-0.39, 0.29) is 11.5 Å². The van der Waals surface area contributed by atoms with Crippen molar-refractivity contribution in [2.45, 2.75) is 53.4 Å². The summed E-state index contributed by atoms with van der Waals surface area (Å²) in [7, 11) is 0. The van der Waals surface area contributed by atoms with Gasteiger partial charge in [0.1, 0.15) is 5.75 Å². The van der Waals surface area contributed by atoms with E-state index >= 15 is 0 Å². The molecule has 0 aliphatic heterocycles. The smallest absolute Gasteiger partial charge is 0.159 e. The molecule has 166 valence electrons. The molecule has 0 saturated carbocycles. The Morgan fingerprint density at radius 2 is 1.59 bits per heavy atom. The van der Waals surface area contributed by atoms with Gasteiger partial charge in [-0.25, -0.2) is 0 Å². The van der Waals surface area contributed by atoms with E-state index in [0.717, 1.165) is 52.7 Å². The SMILES string of the molecule is CC(=O)c1ccc2c(c1)CCCC(c1ccc(Cl)cc1O)=C2c1ccc(C)cc1.CCC. The minimum Gasteiger partial charge on any atom is -0.507 e. The van der Waals surface area contributed by atoms with E-state index in [1.165, 1.54) is 17.5 Å². The summed E-state index contributed by atoms with van der Waals surface area (Å²) in [6.07, 6.45) is 3.92. The highest BCUT2D eigenvalue weighted by molar-refractivity contribution is 6.30. The van der Waals surface area contributed by atoms with Gasteiger partial charge in [-0.2, -0.15) is 0 Å². The number of carbonyl (C=O) groups excluding carboxylic acids is 1. The standard InChI is InChI=1S/C26H23ClO2.C3H8/c1-16-6-8-18(9-7-16)26-22-12-10-19(17(2)28)14-20(22)4-3-5-24(26)23-13-11-21(27)15-25(23)29;1-3-2/h6-15,29H,3-5H2,1-2H3;3H2,1-2H3. The van der Waals surface area contributed by atoms with Crippen molar-refractivity contribution in [1.82, 2.24) is 0 Å². The number of phenolic OH excluding ortho intramolecular Hbond substituents is 1. The summed E-state index contributed by atoms with van der Waals surface area (Å²) in [5, 5.41) is 11.2. The molecule has 0 amide bonds. The lowest BCUT2D eigenvalue weighted by Gasteiger charge is -2.18. The zero-order valence-corrected chi connectivity index (χ0v) is 20.1. The Labute approximate surface area is 196 Å². The molecule has 3 aromatic rings. The van der Waals surface area contributed by atoms with Crippen LogP contribution in [0.2, 0.25) is 5.02 Å². The van der Waals surface area contributed by atoms with Crippen LogP contribution in [0.4, 0.5) is 0 Å². The monoisotopic (exact) mass is 446 g/mol. The number of rotatable bonds is 3. The number of hydrogen-bond acceptors (Lipinski definition) is 2. The number of phenols is 1. The summed E-state index contributed by atoms with van der Waals surface area (Å²) < 4.78 is 0. The Bertz CT molecular complexity index is 1140. The van der Waals surface area contributed by atoms with Crippen molar-refractivity contribution in [2.24, 2.45) is 0 Å². The molecule has 0 unspecified atom stereocenters. The number of aromatic hydroxyl groups is 1. The highest BCUT2D eigenvalue weighted by atomic mass is 35.5. The van der Waals surface area contributed by atoms with Gasteiger partial charge in [0.15, 0.2) is 5.78 Å². The average molecular weight is 447 g/mol. The van der Waals surface area contributed by atoms with Crippen LogP contribution < -0.4 is 0 Å². The van der Waals surface area contributed by atoms with E-state index in [0.29, 0.717) is 5.02 Å². The number of Topliss-reactive ketones (excluding diaryl/α,β-unsaturated/α-hetero) is 1. The van der Waals surface area contributed by atoms with Crippen molar-refractivity contribution in [2.75, 3.05) is 0 Å². The van der Waals surface area contributed by atoms with E-state index in [4.69, 9.17) is 11.6 Å². The molecule has 32 heavy (non-hydrogen) atoms. The fraction of sp³-hybridized carbons (Fsp3) is 0.276. The minimum atomic E-state index is 0.0773. The van der Waals surface area contributed by atoms with Gasteiger partial charge in [-0.05, 0) is 85.2 Å². The van der Waals surface area contributed by atoms with Gasteiger partial charge < -0.3 is 5.11 Å². The number of carbonyl (C=O) groups is 1. The van der Waals surface area contributed by atoms with Crippen LogP contribution in [0.15, 0.2) is 60.7 Å². The zero-order chi connectivity index (χ0) is 23.3. The first-order valence-electron chi connectivity index (χ1n) is 11.3. The quantitative estimate of drug-likeness (QED) is 0.411. The highest BCUT2D eigenvalue weighted by Crippen LogP contribution is 2.42. The van der Waals surface area contributed by atoms with Gasteiger partial charge in [-0.3, -0.25) is 4.79 Å². The van der Waals surface area contributed by atoms with E-state index < -0.39 is 0 Å². The van der Waals surface area contributed by atoms with E-state index in [1.54, 1.807) is 13.0 Å². The molecule has 1 aliphatic rings. The van der Waals surface area contributed by atoms with Crippen LogP contribution in [0.1, 0.15) is 78.2 Å². The van der Waals surface area contributed by atoms with Crippen LogP contribution >= 0.6 is 11.6 Å². The van der Waals surface area contributed by atoms with Gasteiger partial charge >= 0.3 is 0 Å². The van der Waals surface area contributed by atoms with Crippen molar-refractivity contribution in [3.05, 3.63) is 99.1 Å². The minimum absolute atomic E-state index is 0.0773. The molecule has 0 saturated heterocycles. The molecule has 0 spiro atoms. The molecule has 0 atom stereocenters. The van der Waals surface area contributed by atoms with E-state index in [2.05, 4.69) is 51.1 Å². The lowest BCUT2D eigenvalue weighted by Crippen LogP contribution is -2.00. The molecule has 0 heterocycles. The lowest BCUT2D eigenvalue weighted by molar-refractivity contribution is 0.101. The number of hydrogen-bond donors (Lipinski definition) is 1. The van der Waals surface area contributed by atoms with Crippen molar-refractivity contribution < 1.29 is 9.90 Å². The topological polar surface area (TPSA) is 37.3 Å². The number of allylic oxidation sites excluding steroid dienone is 1. The third-order valence-corrected chi connectivity index (χ3v) is 5.82. The second-order valence-corrected chi connectivity index (χ2v) is 8.81. The predicted molar refractivity (Wildman–Crippen MR) is 136 cm³/mol. The normalized spacial score (nSPS) is 13.0. The second kappa shape index (κ2) is 10.7. The summed E-state index contributed by atoms with van der Waals surface area (Å²) in [6.45, 7) is 7.93. The fourth-order valence-electron chi connectivity index (χ4n) is 4.09. The van der Waals surface area contributed by atoms with Crippen LogP contribution in [0, 0.1) is 6.92 Å². The number of aryl methyl sites for hydroxylation is 2. The number of ketones is 1. The first kappa shape index (κ1) is 23.8. The lowest BCUT2D eigenvalue weighted by atomic mass is 9.86. The second-order valence-electron chi connectivity index (χ2n) is 8.37. The van der Waals surface area contributed by atoms with Crippen LogP contribution in [-0.4, -0.2) is 10.9 Å². The maximum atomic E-state index is 11.9. The van der Waals surface area contributed by atoms with Crippen molar-refractivity contribution in [3.63, 3.8) is 0 Å². The molecular formula is C29H31ClO2. The molecule has 0 bridgehead atoms. The van der Waals surface area contributed by atoms with E-state index in [1.807, 2.05) is 24.3 Å². The Morgan fingerprint density at radius 3 is 2.22 bits per heavy atom. The number of benzene rings is 3. The number of halogens is 1. The number of fused-ring (bicyclic) bond motifs is 1. The van der Waals surface area contributed by atoms with Crippen molar-refractivity contribution in [3.8, 4) is 5.75 Å². The Balaban J connectivity index is 0.000000913. The maximum Gasteiger partial charge on any atom is 0.159 e. The van der Waals surface area contributed by atoms with Crippen LogP contribution in [0.5, 0.6) is 5.75 Å². The predicted octanol–water partition coefficient (Wildman–Crippen LogP) is 8.27. The van der Waals surface area contributed by atoms with Crippen molar-refractivity contribution in [1.29, 1.82) is 0 Å². The van der Waals surface area contributed by atoms with E-state index in [9.17, 15) is 9.90 Å². The molecule has 0 radical (unpaired) electrons. The first-order valence-corrected chi connectivity index (χ1v) is 11.7. The molecule has 0 fully saturated rings. The summed E-state index contributed by atoms with van der Waals surface area (Å²) in [4.78, 5) is 11.9. The Kier molecular flexibility index (Phi) is 7.93. The molecule has 3 heteroatoms. The molecular weight excluding hydrogens is 416 g/mol. The summed E-state index contributed by atoms with van der Waals surface area (Å²) in [5.74, 6) is 0.273. The van der Waals surface area contributed by atoms with Gasteiger partial charge in [-0.15, -0.1) is 0 Å². The van der Waals surface area contributed by atoms with Gasteiger partial charge in [-0.1, -0.05) is 73.8 Å². The van der Waals surface area contributed by atoms with Gasteiger partial charge in [0.25, 0.3) is 0 Å². The average Bonchev–Trinajstić information content (AvgIpc) is 2.94. The molecule has 1 aliphatic carbocycles. The third-order valence-electron chi connectivity index (χ3n) is 5.58. The Hall–Kier alpha value is -2.84. The molecule has 0 aromatic heterocycles. The molecule has 3 aromatic carbocycles.